The molecule has 0 aliphatic heterocycles. The summed E-state index contributed by atoms with van der Waals surface area (Å²) in [5.74, 6) is 0.579. The molecule has 1 N–H and O–H groups in total. The van der Waals surface area contributed by atoms with Gasteiger partial charge in [0.2, 0.25) is 11.8 Å². The number of benzene rings is 2. The molecule has 0 aliphatic rings. The first-order valence-corrected chi connectivity index (χ1v) is 11.2. The zero-order valence-electron chi connectivity index (χ0n) is 17.9. The van der Waals surface area contributed by atoms with Gasteiger partial charge >= 0.3 is 0 Å². The predicted octanol–water partition coefficient (Wildman–Crippen LogP) is 4.32. The minimum atomic E-state index is -0.497. The average molecular weight is 413 g/mol. The van der Waals surface area contributed by atoms with Crippen molar-refractivity contribution in [3.05, 3.63) is 65.7 Å². The Morgan fingerprint density at radius 3 is 2.28 bits per heavy atom. The van der Waals surface area contributed by atoms with Gasteiger partial charge in [0.1, 0.15) is 6.04 Å². The van der Waals surface area contributed by atoms with Gasteiger partial charge in [0, 0.05) is 18.0 Å². The highest BCUT2D eigenvalue weighted by Gasteiger charge is 2.25. The van der Waals surface area contributed by atoms with E-state index in [0.29, 0.717) is 24.8 Å². The highest BCUT2D eigenvalue weighted by atomic mass is 32.2. The number of thioether (sulfide) groups is 1. The van der Waals surface area contributed by atoms with E-state index in [1.807, 2.05) is 68.4 Å². The maximum atomic E-state index is 13.0. The highest BCUT2D eigenvalue weighted by Crippen LogP contribution is 2.19. The zero-order valence-corrected chi connectivity index (χ0v) is 18.7. The predicted molar refractivity (Wildman–Crippen MR) is 121 cm³/mol. The van der Waals surface area contributed by atoms with E-state index in [9.17, 15) is 9.59 Å². The van der Waals surface area contributed by atoms with Gasteiger partial charge in [-0.05, 0) is 43.9 Å². The number of nitrogens with one attached hydrogen (secondary N) is 1. The molecule has 2 rings (SSSR count). The van der Waals surface area contributed by atoms with Crippen molar-refractivity contribution < 1.29 is 9.59 Å². The fourth-order valence-corrected chi connectivity index (χ4v) is 3.67. The normalized spacial score (nSPS) is 11.9. The van der Waals surface area contributed by atoms with Crippen molar-refractivity contribution in [3.8, 4) is 0 Å². The number of rotatable bonds is 10. The largest absolute Gasteiger partial charge is 0.354 e. The Hall–Kier alpha value is -2.27. The Labute approximate surface area is 179 Å². The third-order valence-electron chi connectivity index (χ3n) is 4.72. The van der Waals surface area contributed by atoms with Crippen LogP contribution in [0, 0.1) is 12.8 Å². The molecule has 0 bridgehead atoms. The molecule has 0 saturated carbocycles. The van der Waals surface area contributed by atoms with Crippen LogP contribution in [-0.4, -0.2) is 41.6 Å². The van der Waals surface area contributed by atoms with Gasteiger partial charge in [-0.15, -0.1) is 11.8 Å². The lowest BCUT2D eigenvalue weighted by Gasteiger charge is -2.29. The molecule has 0 heterocycles. The van der Waals surface area contributed by atoms with Gasteiger partial charge in [-0.2, -0.15) is 0 Å². The third-order valence-corrected chi connectivity index (χ3v) is 5.72. The van der Waals surface area contributed by atoms with E-state index in [1.165, 1.54) is 17.3 Å². The Bertz CT molecular complexity index is 775. The van der Waals surface area contributed by atoms with Gasteiger partial charge in [-0.1, -0.05) is 61.9 Å². The summed E-state index contributed by atoms with van der Waals surface area (Å²) in [7, 11) is 0. The fraction of sp³-hybridized carbons (Fsp3) is 0.417. The summed E-state index contributed by atoms with van der Waals surface area (Å²) in [6, 6.07) is 17.7. The second-order valence-corrected chi connectivity index (χ2v) is 8.79. The minimum absolute atomic E-state index is 0.0151. The Morgan fingerprint density at radius 2 is 1.66 bits per heavy atom. The Kier molecular flexibility index (Phi) is 9.26. The summed E-state index contributed by atoms with van der Waals surface area (Å²) in [5.41, 5.74) is 2.35. The number of carbonyl (C=O) groups excluding carboxylic acids is 2. The monoisotopic (exact) mass is 412 g/mol. The number of amides is 2. The van der Waals surface area contributed by atoms with Crippen LogP contribution in [0.5, 0.6) is 0 Å². The number of aryl methyl sites for hydroxylation is 1. The molecule has 0 aromatic heterocycles. The Morgan fingerprint density at radius 1 is 1.00 bits per heavy atom. The fourth-order valence-electron chi connectivity index (χ4n) is 2.89. The summed E-state index contributed by atoms with van der Waals surface area (Å²) < 4.78 is 0. The minimum Gasteiger partial charge on any atom is -0.354 e. The Balaban J connectivity index is 2.03. The maximum Gasteiger partial charge on any atom is 0.242 e. The lowest BCUT2D eigenvalue weighted by Crippen LogP contribution is -2.50. The molecule has 2 aromatic carbocycles. The van der Waals surface area contributed by atoms with Crippen molar-refractivity contribution in [2.75, 3.05) is 18.8 Å². The summed E-state index contributed by atoms with van der Waals surface area (Å²) in [6.45, 7) is 9.11. The zero-order chi connectivity index (χ0) is 21.2. The van der Waals surface area contributed by atoms with Gasteiger partial charge in [0.15, 0.2) is 0 Å². The molecule has 0 saturated heterocycles. The van der Waals surface area contributed by atoms with Gasteiger partial charge in [0.25, 0.3) is 0 Å². The lowest BCUT2D eigenvalue weighted by atomic mass is 10.1. The molecule has 1 unspecified atom stereocenters. The molecule has 2 amide bonds. The van der Waals surface area contributed by atoms with Crippen LogP contribution in [0.4, 0.5) is 0 Å². The van der Waals surface area contributed by atoms with Crippen LogP contribution < -0.4 is 5.32 Å². The van der Waals surface area contributed by atoms with Crippen LogP contribution in [0.2, 0.25) is 0 Å². The van der Waals surface area contributed by atoms with Crippen LogP contribution >= 0.6 is 11.8 Å². The van der Waals surface area contributed by atoms with Crippen LogP contribution in [-0.2, 0) is 16.0 Å². The quantitative estimate of drug-likeness (QED) is 0.591. The molecule has 29 heavy (non-hydrogen) atoms. The van der Waals surface area contributed by atoms with Gasteiger partial charge in [-0.25, -0.2) is 0 Å². The molecule has 4 nitrogen and oxygen atoms in total. The topological polar surface area (TPSA) is 49.4 Å². The number of carbonyl (C=O) groups is 2. The van der Waals surface area contributed by atoms with Crippen LogP contribution in [0.15, 0.2) is 59.5 Å². The van der Waals surface area contributed by atoms with E-state index in [4.69, 9.17) is 0 Å². The third kappa shape index (κ3) is 7.94. The van der Waals surface area contributed by atoms with E-state index >= 15 is 0 Å². The van der Waals surface area contributed by atoms with E-state index in [0.717, 1.165) is 16.9 Å². The van der Waals surface area contributed by atoms with Gasteiger partial charge in [0.05, 0.1) is 5.75 Å². The number of hydrogen-bond donors (Lipinski definition) is 1. The van der Waals surface area contributed by atoms with Crippen LogP contribution in [0.25, 0.3) is 0 Å². The highest BCUT2D eigenvalue weighted by molar-refractivity contribution is 8.00. The summed E-state index contributed by atoms with van der Waals surface area (Å²) in [4.78, 5) is 28.4. The number of nitrogens with zero attached hydrogens (tertiary/aromatic N) is 1. The molecular weight excluding hydrogens is 380 g/mol. The molecular formula is C24H32N2O2S. The van der Waals surface area contributed by atoms with Crippen molar-refractivity contribution in [1.82, 2.24) is 10.2 Å². The SMILES string of the molecule is Cc1ccc(SCC(=O)N(CCc2ccccc2)C(C)C(=O)NCC(C)C)cc1. The number of hydrogen-bond acceptors (Lipinski definition) is 3. The van der Waals surface area contributed by atoms with Crippen LogP contribution in [0.1, 0.15) is 31.9 Å². The standard InChI is InChI=1S/C24H32N2O2S/c1-18(2)16-25-24(28)20(4)26(15-14-21-8-6-5-7-9-21)23(27)17-29-22-12-10-19(3)11-13-22/h5-13,18,20H,14-17H2,1-4H3,(H,25,28). The van der Waals surface area contributed by atoms with E-state index in [1.54, 1.807) is 4.90 Å². The van der Waals surface area contributed by atoms with Crippen molar-refractivity contribution >= 4 is 23.6 Å². The van der Waals surface area contributed by atoms with Crippen molar-refractivity contribution in [3.63, 3.8) is 0 Å². The molecule has 2 aromatic rings. The maximum absolute atomic E-state index is 13.0. The summed E-state index contributed by atoms with van der Waals surface area (Å²) >= 11 is 1.51. The van der Waals surface area contributed by atoms with E-state index in [2.05, 4.69) is 19.2 Å². The first-order valence-electron chi connectivity index (χ1n) is 10.2. The molecule has 1 atom stereocenters. The average Bonchev–Trinajstić information content (AvgIpc) is 2.72. The van der Waals surface area contributed by atoms with Crippen molar-refractivity contribution in [2.24, 2.45) is 5.92 Å². The smallest absolute Gasteiger partial charge is 0.242 e. The first kappa shape index (κ1) is 23.0. The first-order chi connectivity index (χ1) is 13.9. The van der Waals surface area contributed by atoms with E-state index < -0.39 is 6.04 Å². The van der Waals surface area contributed by atoms with Gasteiger partial charge < -0.3 is 10.2 Å². The van der Waals surface area contributed by atoms with Gasteiger partial charge in [-0.3, -0.25) is 9.59 Å². The molecule has 156 valence electrons. The second-order valence-electron chi connectivity index (χ2n) is 7.74. The molecule has 0 spiro atoms. The molecule has 0 aliphatic carbocycles. The summed E-state index contributed by atoms with van der Waals surface area (Å²) in [5, 5.41) is 2.96. The van der Waals surface area contributed by atoms with Crippen molar-refractivity contribution in [1.29, 1.82) is 0 Å². The molecule has 5 heteroatoms. The summed E-state index contributed by atoms with van der Waals surface area (Å²) in [6.07, 6.45) is 0.726. The van der Waals surface area contributed by atoms with Crippen LogP contribution in [0.3, 0.4) is 0 Å². The molecule has 0 fully saturated rings. The molecule has 0 radical (unpaired) electrons. The lowest BCUT2D eigenvalue weighted by molar-refractivity contribution is -0.138. The second kappa shape index (κ2) is 11.7. The van der Waals surface area contributed by atoms with E-state index in [-0.39, 0.29) is 11.8 Å². The van der Waals surface area contributed by atoms with Crippen molar-refractivity contribution in [2.45, 2.75) is 45.1 Å².